The molecule has 2 rings (SSSR count). The van der Waals surface area contributed by atoms with Crippen LogP contribution < -0.4 is 0 Å². The lowest BCUT2D eigenvalue weighted by Gasteiger charge is -1.92. The van der Waals surface area contributed by atoms with Crippen molar-refractivity contribution in [2.24, 2.45) is 0 Å². The Hall–Kier alpha value is -1.56. The van der Waals surface area contributed by atoms with E-state index in [1.807, 2.05) is 6.08 Å². The minimum absolute atomic E-state index is 0.987. The molecule has 0 unspecified atom stereocenters. The van der Waals surface area contributed by atoms with Crippen molar-refractivity contribution in [3.8, 4) is 0 Å². The van der Waals surface area contributed by atoms with Crippen LogP contribution in [0.5, 0.6) is 0 Å². The Labute approximate surface area is 99.1 Å². The number of allylic oxidation sites excluding steroid dienone is 11. The predicted molar refractivity (Wildman–Crippen MR) is 73.3 cm³/mol. The van der Waals surface area contributed by atoms with Crippen molar-refractivity contribution in [3.05, 3.63) is 72.9 Å². The molecule has 0 bridgehead atoms. The molecule has 0 N–H and O–H groups in total. The molecular weight excluding hydrogens is 192 g/mol. The summed E-state index contributed by atoms with van der Waals surface area (Å²) in [6.45, 7) is 3.65. The van der Waals surface area contributed by atoms with Crippen LogP contribution in [0.2, 0.25) is 0 Å². The Kier molecular flexibility index (Phi) is 6.82. The molecule has 0 spiro atoms. The summed E-state index contributed by atoms with van der Waals surface area (Å²) < 4.78 is 0. The smallest absolute Gasteiger partial charge is 0.0129 e. The highest BCUT2D eigenvalue weighted by Crippen LogP contribution is 2.14. The van der Waals surface area contributed by atoms with E-state index in [2.05, 4.69) is 61.3 Å². The zero-order valence-electron chi connectivity index (χ0n) is 9.81. The van der Waals surface area contributed by atoms with Crippen LogP contribution in [0.1, 0.15) is 25.7 Å². The molecule has 0 radical (unpaired) electrons. The summed E-state index contributed by atoms with van der Waals surface area (Å²) in [4.78, 5) is 0. The van der Waals surface area contributed by atoms with E-state index in [0.29, 0.717) is 0 Å². The Bertz CT molecular complexity index is 325. The predicted octanol–water partition coefficient (Wildman–Crippen LogP) is 4.90. The third-order valence-corrected chi connectivity index (χ3v) is 2.35. The molecule has 0 nitrogen and oxygen atoms in total. The van der Waals surface area contributed by atoms with E-state index in [0.717, 1.165) is 25.7 Å². The van der Waals surface area contributed by atoms with E-state index in [4.69, 9.17) is 0 Å². The molecule has 0 saturated heterocycles. The minimum atomic E-state index is 0.987. The lowest BCUT2D eigenvalue weighted by Crippen LogP contribution is -1.72. The van der Waals surface area contributed by atoms with E-state index >= 15 is 0 Å². The maximum Gasteiger partial charge on any atom is -0.0129 e. The van der Waals surface area contributed by atoms with Gasteiger partial charge in [-0.1, -0.05) is 66.3 Å². The topological polar surface area (TPSA) is 0 Å². The molecule has 0 aliphatic heterocycles. The summed E-state index contributed by atoms with van der Waals surface area (Å²) in [7, 11) is 0. The van der Waals surface area contributed by atoms with Gasteiger partial charge in [0.05, 0.1) is 0 Å². The second-order valence-corrected chi connectivity index (χ2v) is 3.75. The first kappa shape index (κ1) is 12.5. The summed E-state index contributed by atoms with van der Waals surface area (Å²) in [6, 6.07) is 0. The number of hydrogen-bond donors (Lipinski definition) is 0. The molecule has 0 amide bonds. The highest BCUT2D eigenvalue weighted by molar-refractivity contribution is 5.24. The van der Waals surface area contributed by atoms with Gasteiger partial charge < -0.3 is 0 Å². The van der Waals surface area contributed by atoms with Gasteiger partial charge >= 0.3 is 0 Å². The highest BCUT2D eigenvalue weighted by atomic mass is 14.0. The second-order valence-electron chi connectivity index (χ2n) is 3.75. The van der Waals surface area contributed by atoms with E-state index in [1.54, 1.807) is 0 Å². The summed E-state index contributed by atoms with van der Waals surface area (Å²) >= 11 is 0. The maximum atomic E-state index is 3.65. The molecule has 0 saturated carbocycles. The Morgan fingerprint density at radius 1 is 1.06 bits per heavy atom. The fourth-order valence-electron chi connectivity index (χ4n) is 1.46. The summed E-state index contributed by atoms with van der Waals surface area (Å²) in [5, 5.41) is 0. The molecule has 2 aliphatic carbocycles. The van der Waals surface area contributed by atoms with E-state index < -0.39 is 0 Å². The van der Waals surface area contributed by atoms with Gasteiger partial charge in [-0.2, -0.15) is 0 Å². The molecule has 84 valence electrons. The summed E-state index contributed by atoms with van der Waals surface area (Å²) in [5.41, 5.74) is 1.50. The van der Waals surface area contributed by atoms with Gasteiger partial charge in [0, 0.05) is 0 Å². The lowest BCUT2D eigenvalue weighted by molar-refractivity contribution is 1.13. The van der Waals surface area contributed by atoms with E-state index in [1.165, 1.54) is 5.57 Å². The van der Waals surface area contributed by atoms with Gasteiger partial charge in [0.2, 0.25) is 0 Å². The Morgan fingerprint density at radius 2 is 1.88 bits per heavy atom. The first-order valence-corrected chi connectivity index (χ1v) is 5.85. The maximum absolute atomic E-state index is 3.65. The molecule has 0 heterocycles. The third-order valence-electron chi connectivity index (χ3n) is 2.35. The zero-order valence-corrected chi connectivity index (χ0v) is 9.81. The van der Waals surface area contributed by atoms with Crippen molar-refractivity contribution in [3.63, 3.8) is 0 Å². The molecule has 16 heavy (non-hydrogen) atoms. The highest BCUT2D eigenvalue weighted by Gasteiger charge is 1.94. The molecule has 0 heteroatoms. The normalized spacial score (nSPS) is 16.4. The van der Waals surface area contributed by atoms with Gasteiger partial charge in [-0.25, -0.2) is 0 Å². The zero-order chi connectivity index (χ0) is 11.5. The molecule has 2 aliphatic rings. The van der Waals surface area contributed by atoms with Crippen LogP contribution in [-0.2, 0) is 0 Å². The van der Waals surface area contributed by atoms with Gasteiger partial charge in [0.25, 0.3) is 0 Å². The van der Waals surface area contributed by atoms with Crippen LogP contribution >= 0.6 is 0 Å². The van der Waals surface area contributed by atoms with Crippen molar-refractivity contribution < 1.29 is 0 Å². The van der Waals surface area contributed by atoms with Gasteiger partial charge in [-0.3, -0.25) is 0 Å². The van der Waals surface area contributed by atoms with Crippen LogP contribution in [0.25, 0.3) is 0 Å². The van der Waals surface area contributed by atoms with Crippen LogP contribution in [0.15, 0.2) is 72.9 Å². The summed E-state index contributed by atoms with van der Waals surface area (Å²) in [6.07, 6.45) is 25.5. The molecule has 0 fully saturated rings. The van der Waals surface area contributed by atoms with E-state index in [9.17, 15) is 0 Å². The van der Waals surface area contributed by atoms with Crippen molar-refractivity contribution in [2.75, 3.05) is 0 Å². The molecule has 0 aromatic heterocycles. The van der Waals surface area contributed by atoms with Gasteiger partial charge in [0.1, 0.15) is 0 Å². The van der Waals surface area contributed by atoms with Crippen molar-refractivity contribution in [1.82, 2.24) is 0 Å². The standard InChI is InChI=1S/C11H14.C5H6/c1-2-3-4-5-8-11-9-6-7-10-11;1-2-4-5-3-1/h2,4-7,9H,1,3,8,10H2;1-4H,5H2. The van der Waals surface area contributed by atoms with Gasteiger partial charge in [-0.05, 0) is 25.7 Å². The first-order chi connectivity index (χ1) is 7.93. The van der Waals surface area contributed by atoms with Gasteiger partial charge in [0.15, 0.2) is 0 Å². The van der Waals surface area contributed by atoms with Crippen LogP contribution in [-0.4, -0.2) is 0 Å². The largest absolute Gasteiger partial charge is 0.103 e. The minimum Gasteiger partial charge on any atom is -0.103 e. The summed E-state index contributed by atoms with van der Waals surface area (Å²) in [5.74, 6) is 0. The molecule has 0 atom stereocenters. The quantitative estimate of drug-likeness (QED) is 0.581. The lowest BCUT2D eigenvalue weighted by atomic mass is 10.1. The second kappa shape index (κ2) is 8.72. The third kappa shape index (κ3) is 6.02. The Balaban J connectivity index is 0.000000212. The van der Waals surface area contributed by atoms with Crippen LogP contribution in [0.4, 0.5) is 0 Å². The van der Waals surface area contributed by atoms with Crippen molar-refractivity contribution >= 4 is 0 Å². The van der Waals surface area contributed by atoms with Crippen molar-refractivity contribution in [2.45, 2.75) is 25.7 Å². The van der Waals surface area contributed by atoms with Crippen LogP contribution in [0.3, 0.4) is 0 Å². The van der Waals surface area contributed by atoms with Crippen molar-refractivity contribution in [1.29, 1.82) is 0 Å². The average Bonchev–Trinajstić information content (AvgIpc) is 2.99. The fourth-order valence-corrected chi connectivity index (χ4v) is 1.46. The van der Waals surface area contributed by atoms with E-state index in [-0.39, 0.29) is 0 Å². The first-order valence-electron chi connectivity index (χ1n) is 5.85. The van der Waals surface area contributed by atoms with Gasteiger partial charge in [-0.15, -0.1) is 6.58 Å². The Morgan fingerprint density at radius 3 is 2.38 bits per heavy atom. The number of rotatable bonds is 4. The van der Waals surface area contributed by atoms with Crippen LogP contribution in [0, 0.1) is 0 Å². The molecule has 0 aromatic rings. The SMILES string of the molecule is C1=CCC=C1.C=CCC=CCC1=CC=CC1. The fraction of sp³-hybridized carbons (Fsp3) is 0.250. The molecular formula is C16H20. The number of hydrogen-bond acceptors (Lipinski definition) is 0. The monoisotopic (exact) mass is 212 g/mol. The molecule has 0 aromatic carbocycles. The average molecular weight is 212 g/mol.